The fraction of sp³-hybridized carbons (Fsp3) is 0.857. The molecule has 1 N–H and O–H groups in total. The Kier molecular flexibility index (Phi) is 6.68. The van der Waals surface area contributed by atoms with Crippen LogP contribution in [0, 0.1) is 23.7 Å². The summed E-state index contributed by atoms with van der Waals surface area (Å²) in [4.78, 5) is 0. The van der Waals surface area contributed by atoms with E-state index in [1.807, 2.05) is 6.92 Å². The molecule has 0 spiro atoms. The molecular weight excluding hydrogens is 184 g/mol. The molecule has 0 bridgehead atoms. The van der Waals surface area contributed by atoms with Crippen LogP contribution in [0.15, 0.2) is 0 Å². The predicted octanol–water partition coefficient (Wildman–Crippen LogP) is 3.61. The lowest BCUT2D eigenvalue weighted by Crippen LogP contribution is -2.32. The van der Waals surface area contributed by atoms with Crippen LogP contribution in [0.4, 0.5) is 0 Å². The van der Waals surface area contributed by atoms with E-state index in [1.165, 1.54) is 0 Å². The van der Waals surface area contributed by atoms with E-state index in [0.717, 1.165) is 25.7 Å². The third-order valence-electron chi connectivity index (χ3n) is 2.47. The minimum Gasteiger partial charge on any atom is -0.390 e. The molecule has 0 saturated carbocycles. The van der Waals surface area contributed by atoms with Crippen LogP contribution in [0.2, 0.25) is 0 Å². The van der Waals surface area contributed by atoms with Crippen molar-refractivity contribution in [2.24, 2.45) is 11.8 Å². The molecule has 0 aliphatic heterocycles. The lowest BCUT2D eigenvalue weighted by atomic mass is 9.82. The van der Waals surface area contributed by atoms with Gasteiger partial charge in [0.25, 0.3) is 0 Å². The zero-order valence-electron chi connectivity index (χ0n) is 10.9. The van der Waals surface area contributed by atoms with Crippen LogP contribution < -0.4 is 0 Å². The molecule has 1 nitrogen and oxygen atoms in total. The van der Waals surface area contributed by atoms with Gasteiger partial charge in [0.2, 0.25) is 0 Å². The second-order valence-corrected chi connectivity index (χ2v) is 5.35. The van der Waals surface area contributed by atoms with Gasteiger partial charge in [-0.3, -0.25) is 0 Å². The summed E-state index contributed by atoms with van der Waals surface area (Å²) < 4.78 is 0. The molecular formula is C14H26O. The standard InChI is InChI=1S/C14H26O/c1-6-7-8-9-14(15,10-12(2)3)11-13(4)5/h12-13,15H,8-11H2,1-5H3. The second kappa shape index (κ2) is 6.90. The number of hydrogen-bond donors (Lipinski definition) is 1. The summed E-state index contributed by atoms with van der Waals surface area (Å²) in [6.45, 7) is 10.5. The first-order chi connectivity index (χ1) is 6.89. The van der Waals surface area contributed by atoms with Gasteiger partial charge < -0.3 is 5.11 Å². The fourth-order valence-corrected chi connectivity index (χ4v) is 2.23. The summed E-state index contributed by atoms with van der Waals surface area (Å²) in [7, 11) is 0. The maximum absolute atomic E-state index is 10.5. The number of hydrogen-bond acceptors (Lipinski definition) is 1. The molecule has 0 aliphatic rings. The van der Waals surface area contributed by atoms with Crippen molar-refractivity contribution in [3.05, 3.63) is 0 Å². The van der Waals surface area contributed by atoms with Crippen molar-refractivity contribution in [2.45, 2.75) is 65.9 Å². The smallest absolute Gasteiger partial charge is 0.0661 e. The van der Waals surface area contributed by atoms with E-state index in [1.54, 1.807) is 0 Å². The molecule has 1 heteroatoms. The molecule has 0 aliphatic carbocycles. The molecule has 0 amide bonds. The molecule has 15 heavy (non-hydrogen) atoms. The van der Waals surface area contributed by atoms with Crippen LogP contribution in [0.1, 0.15) is 60.3 Å². The Morgan fingerprint density at radius 1 is 1.07 bits per heavy atom. The third kappa shape index (κ3) is 7.45. The van der Waals surface area contributed by atoms with E-state index in [2.05, 4.69) is 39.5 Å². The summed E-state index contributed by atoms with van der Waals surface area (Å²) in [5.41, 5.74) is -0.508. The first-order valence-corrected chi connectivity index (χ1v) is 6.01. The quantitative estimate of drug-likeness (QED) is 0.664. The highest BCUT2D eigenvalue weighted by Gasteiger charge is 2.28. The van der Waals surface area contributed by atoms with E-state index < -0.39 is 5.60 Å². The van der Waals surface area contributed by atoms with E-state index in [-0.39, 0.29) is 0 Å². The molecule has 0 fully saturated rings. The Labute approximate surface area is 95.3 Å². The lowest BCUT2D eigenvalue weighted by molar-refractivity contribution is -0.00603. The molecule has 0 aromatic carbocycles. The van der Waals surface area contributed by atoms with Crippen LogP contribution in [0.5, 0.6) is 0 Å². The van der Waals surface area contributed by atoms with Gasteiger partial charge in [0.1, 0.15) is 0 Å². The summed E-state index contributed by atoms with van der Waals surface area (Å²) >= 11 is 0. The van der Waals surface area contributed by atoms with Crippen molar-refractivity contribution in [1.29, 1.82) is 0 Å². The SMILES string of the molecule is CC#CCCC(O)(CC(C)C)CC(C)C. The lowest BCUT2D eigenvalue weighted by Gasteiger charge is -2.31. The summed E-state index contributed by atoms with van der Waals surface area (Å²) in [6, 6.07) is 0. The van der Waals surface area contributed by atoms with Crippen molar-refractivity contribution in [1.82, 2.24) is 0 Å². The monoisotopic (exact) mass is 210 g/mol. The maximum atomic E-state index is 10.5. The predicted molar refractivity (Wildman–Crippen MR) is 66.5 cm³/mol. The molecule has 0 saturated heterocycles. The van der Waals surface area contributed by atoms with Crippen molar-refractivity contribution >= 4 is 0 Å². The van der Waals surface area contributed by atoms with E-state index in [0.29, 0.717) is 11.8 Å². The van der Waals surface area contributed by atoms with Crippen LogP contribution in [0.3, 0.4) is 0 Å². The topological polar surface area (TPSA) is 20.2 Å². The molecule has 0 rings (SSSR count). The van der Waals surface area contributed by atoms with Crippen LogP contribution in [0.25, 0.3) is 0 Å². The third-order valence-corrected chi connectivity index (χ3v) is 2.47. The van der Waals surface area contributed by atoms with Gasteiger partial charge >= 0.3 is 0 Å². The van der Waals surface area contributed by atoms with Gasteiger partial charge in [-0.1, -0.05) is 27.7 Å². The van der Waals surface area contributed by atoms with Crippen molar-refractivity contribution in [3.8, 4) is 11.8 Å². The molecule has 0 aromatic rings. The zero-order chi connectivity index (χ0) is 11.9. The second-order valence-electron chi connectivity index (χ2n) is 5.35. The van der Waals surface area contributed by atoms with Crippen molar-refractivity contribution < 1.29 is 5.11 Å². The van der Waals surface area contributed by atoms with Crippen molar-refractivity contribution in [3.63, 3.8) is 0 Å². The first-order valence-electron chi connectivity index (χ1n) is 6.01. The summed E-state index contributed by atoms with van der Waals surface area (Å²) in [6.07, 6.45) is 3.39. The van der Waals surface area contributed by atoms with Gasteiger partial charge in [-0.2, -0.15) is 0 Å². The minimum absolute atomic E-state index is 0.508. The average molecular weight is 210 g/mol. The molecule has 0 heterocycles. The normalized spacial score (nSPS) is 11.7. The average Bonchev–Trinajstić information content (AvgIpc) is 2.00. The van der Waals surface area contributed by atoms with Crippen LogP contribution in [-0.4, -0.2) is 10.7 Å². The van der Waals surface area contributed by atoms with E-state index in [9.17, 15) is 5.11 Å². The maximum Gasteiger partial charge on any atom is 0.0661 e. The van der Waals surface area contributed by atoms with E-state index in [4.69, 9.17) is 0 Å². The molecule has 0 aromatic heterocycles. The van der Waals surface area contributed by atoms with Gasteiger partial charge in [-0.25, -0.2) is 0 Å². The largest absolute Gasteiger partial charge is 0.390 e. The number of aliphatic hydroxyl groups is 1. The molecule has 88 valence electrons. The Morgan fingerprint density at radius 3 is 1.87 bits per heavy atom. The fourth-order valence-electron chi connectivity index (χ4n) is 2.23. The summed E-state index contributed by atoms with van der Waals surface area (Å²) in [5.74, 6) is 7.02. The van der Waals surface area contributed by atoms with Gasteiger partial charge in [-0.15, -0.1) is 11.8 Å². The van der Waals surface area contributed by atoms with Gasteiger partial charge in [0.15, 0.2) is 0 Å². The van der Waals surface area contributed by atoms with Crippen LogP contribution >= 0.6 is 0 Å². The minimum atomic E-state index is -0.508. The highest BCUT2D eigenvalue weighted by molar-refractivity contribution is 4.97. The summed E-state index contributed by atoms with van der Waals surface area (Å²) in [5, 5.41) is 10.5. The Hall–Kier alpha value is -0.480. The Balaban J connectivity index is 4.30. The highest BCUT2D eigenvalue weighted by atomic mass is 16.3. The molecule has 0 unspecified atom stereocenters. The molecule has 0 atom stereocenters. The number of rotatable bonds is 6. The van der Waals surface area contributed by atoms with Crippen LogP contribution in [-0.2, 0) is 0 Å². The van der Waals surface area contributed by atoms with Crippen molar-refractivity contribution in [2.75, 3.05) is 0 Å². The zero-order valence-corrected chi connectivity index (χ0v) is 10.9. The van der Waals surface area contributed by atoms with Gasteiger partial charge in [-0.05, 0) is 38.0 Å². The highest BCUT2D eigenvalue weighted by Crippen LogP contribution is 2.29. The first kappa shape index (κ1) is 14.5. The van der Waals surface area contributed by atoms with Gasteiger partial charge in [0.05, 0.1) is 5.60 Å². The Bertz CT molecular complexity index is 207. The van der Waals surface area contributed by atoms with E-state index >= 15 is 0 Å². The Morgan fingerprint density at radius 2 is 1.53 bits per heavy atom. The van der Waals surface area contributed by atoms with Gasteiger partial charge in [0, 0.05) is 6.42 Å². The molecule has 0 radical (unpaired) electrons.